The van der Waals surface area contributed by atoms with Crippen molar-refractivity contribution in [2.75, 3.05) is 59.8 Å². The number of rotatable bonds is 15. The first kappa shape index (κ1) is 18.8. The molecule has 19 heavy (non-hydrogen) atoms. The number of nitrogens with zero attached hydrogens (tertiary/aromatic N) is 1. The minimum Gasteiger partial charge on any atom is -0.385 e. The summed E-state index contributed by atoms with van der Waals surface area (Å²) in [4.78, 5) is 2.43. The van der Waals surface area contributed by atoms with Gasteiger partial charge in [-0.2, -0.15) is 0 Å². The third-order valence-electron chi connectivity index (χ3n) is 2.87. The van der Waals surface area contributed by atoms with E-state index in [9.17, 15) is 0 Å². The molecule has 0 rings (SSSR count). The lowest BCUT2D eigenvalue weighted by molar-refractivity contribution is 0.0731. The quantitative estimate of drug-likeness (QED) is 0.430. The van der Waals surface area contributed by atoms with Crippen LogP contribution in [0.4, 0.5) is 0 Å². The fourth-order valence-corrected chi connectivity index (χ4v) is 1.80. The molecular weight excluding hydrogens is 242 g/mol. The maximum atomic E-state index is 5.56. The summed E-state index contributed by atoms with van der Waals surface area (Å²) in [5.74, 6) is 0. The maximum Gasteiger partial charge on any atom is 0.0593 e. The van der Waals surface area contributed by atoms with Crippen molar-refractivity contribution in [1.29, 1.82) is 0 Å². The van der Waals surface area contributed by atoms with Gasteiger partial charge >= 0.3 is 0 Å². The summed E-state index contributed by atoms with van der Waals surface area (Å²) in [5.41, 5.74) is 0. The van der Waals surface area contributed by atoms with Crippen LogP contribution in [0.2, 0.25) is 0 Å². The molecule has 0 N–H and O–H groups in total. The molecule has 116 valence electrons. The van der Waals surface area contributed by atoms with Crippen molar-refractivity contribution >= 4 is 0 Å². The summed E-state index contributed by atoms with van der Waals surface area (Å²) in [6.07, 6.45) is 4.48. The lowest BCUT2D eigenvalue weighted by Crippen LogP contribution is -2.32. The average molecular weight is 275 g/mol. The smallest absolute Gasteiger partial charge is 0.0593 e. The highest BCUT2D eigenvalue weighted by Gasteiger charge is 2.04. The van der Waals surface area contributed by atoms with Gasteiger partial charge in [0.15, 0.2) is 0 Å². The van der Waals surface area contributed by atoms with Crippen molar-refractivity contribution in [3.05, 3.63) is 0 Å². The van der Waals surface area contributed by atoms with Crippen LogP contribution in [-0.4, -0.2) is 64.7 Å². The van der Waals surface area contributed by atoms with Crippen LogP contribution in [0.25, 0.3) is 0 Å². The molecule has 0 unspecified atom stereocenters. The zero-order valence-corrected chi connectivity index (χ0v) is 13.2. The standard InChI is InChI=1S/C15H33NO3/c1-4-11-18-14-9-16(8-6-7-13-17-3)10-15-19-12-5-2/h4-15H2,1-3H3. The number of hydrogen-bond acceptors (Lipinski definition) is 4. The van der Waals surface area contributed by atoms with E-state index in [4.69, 9.17) is 14.2 Å². The van der Waals surface area contributed by atoms with Gasteiger partial charge in [-0.3, -0.25) is 4.90 Å². The van der Waals surface area contributed by atoms with E-state index in [1.165, 1.54) is 6.42 Å². The van der Waals surface area contributed by atoms with Gasteiger partial charge in [0.05, 0.1) is 13.2 Å². The van der Waals surface area contributed by atoms with Crippen molar-refractivity contribution in [3.8, 4) is 0 Å². The van der Waals surface area contributed by atoms with Gasteiger partial charge in [-0.05, 0) is 32.2 Å². The predicted octanol–water partition coefficient (Wildman–Crippen LogP) is 2.57. The van der Waals surface area contributed by atoms with Crippen molar-refractivity contribution in [2.24, 2.45) is 0 Å². The second-order valence-electron chi connectivity index (χ2n) is 4.77. The molecule has 0 spiro atoms. The lowest BCUT2D eigenvalue weighted by atomic mass is 10.3. The molecule has 0 fully saturated rings. The Morgan fingerprint density at radius 1 is 0.684 bits per heavy atom. The van der Waals surface area contributed by atoms with Crippen molar-refractivity contribution < 1.29 is 14.2 Å². The van der Waals surface area contributed by atoms with Crippen LogP contribution in [0, 0.1) is 0 Å². The molecule has 4 heteroatoms. The van der Waals surface area contributed by atoms with Gasteiger partial charge in [0.1, 0.15) is 0 Å². The highest BCUT2D eigenvalue weighted by molar-refractivity contribution is 4.58. The molecule has 0 aromatic rings. The second kappa shape index (κ2) is 15.9. The molecular formula is C15H33NO3. The van der Waals surface area contributed by atoms with E-state index in [0.717, 1.165) is 71.9 Å². The van der Waals surface area contributed by atoms with Crippen LogP contribution >= 0.6 is 0 Å². The lowest BCUT2D eigenvalue weighted by Gasteiger charge is -2.22. The molecule has 0 saturated heterocycles. The Hall–Kier alpha value is -0.160. The van der Waals surface area contributed by atoms with Crippen LogP contribution < -0.4 is 0 Å². The zero-order valence-electron chi connectivity index (χ0n) is 13.2. The molecule has 0 aliphatic rings. The predicted molar refractivity (Wildman–Crippen MR) is 79.8 cm³/mol. The third kappa shape index (κ3) is 14.1. The summed E-state index contributed by atoms with van der Waals surface area (Å²) < 4.78 is 16.2. The fraction of sp³-hybridized carbons (Fsp3) is 1.00. The van der Waals surface area contributed by atoms with Crippen molar-refractivity contribution in [1.82, 2.24) is 4.90 Å². The monoisotopic (exact) mass is 275 g/mol. The van der Waals surface area contributed by atoms with Gasteiger partial charge in [-0.15, -0.1) is 0 Å². The number of hydrogen-bond donors (Lipinski definition) is 0. The molecule has 0 aromatic heterocycles. The van der Waals surface area contributed by atoms with Crippen LogP contribution in [0.3, 0.4) is 0 Å². The van der Waals surface area contributed by atoms with Gasteiger partial charge < -0.3 is 14.2 Å². The molecule has 0 saturated carbocycles. The molecule has 0 heterocycles. The number of ether oxygens (including phenoxy) is 3. The van der Waals surface area contributed by atoms with Crippen molar-refractivity contribution in [3.63, 3.8) is 0 Å². The minimum absolute atomic E-state index is 0.825. The molecule has 0 amide bonds. The van der Waals surface area contributed by atoms with E-state index < -0.39 is 0 Å². The van der Waals surface area contributed by atoms with Crippen LogP contribution in [-0.2, 0) is 14.2 Å². The van der Waals surface area contributed by atoms with Crippen LogP contribution in [0.1, 0.15) is 39.5 Å². The second-order valence-corrected chi connectivity index (χ2v) is 4.77. The molecule has 0 atom stereocenters. The first-order valence-electron chi connectivity index (χ1n) is 7.71. The highest BCUT2D eigenvalue weighted by Crippen LogP contribution is 1.97. The van der Waals surface area contributed by atoms with E-state index >= 15 is 0 Å². The Morgan fingerprint density at radius 2 is 1.26 bits per heavy atom. The summed E-state index contributed by atoms with van der Waals surface area (Å²) in [6, 6.07) is 0. The molecule has 0 aromatic carbocycles. The number of methoxy groups -OCH3 is 1. The van der Waals surface area contributed by atoms with Crippen LogP contribution in [0.15, 0.2) is 0 Å². The highest BCUT2D eigenvalue weighted by atomic mass is 16.5. The summed E-state index contributed by atoms with van der Waals surface area (Å²) in [6.45, 7) is 11.6. The van der Waals surface area contributed by atoms with Gasteiger partial charge in [0, 0.05) is 40.0 Å². The minimum atomic E-state index is 0.825. The normalized spacial score (nSPS) is 11.4. The topological polar surface area (TPSA) is 30.9 Å². The summed E-state index contributed by atoms with van der Waals surface area (Å²) >= 11 is 0. The Labute approximate surface area is 119 Å². The fourth-order valence-electron chi connectivity index (χ4n) is 1.80. The average Bonchev–Trinajstić information content (AvgIpc) is 2.43. The zero-order chi connectivity index (χ0) is 14.2. The Bertz CT molecular complexity index is 139. The molecule has 0 radical (unpaired) electrons. The Balaban J connectivity index is 3.66. The third-order valence-corrected chi connectivity index (χ3v) is 2.87. The molecule has 4 nitrogen and oxygen atoms in total. The van der Waals surface area contributed by atoms with Gasteiger partial charge in [-0.1, -0.05) is 13.8 Å². The molecule has 0 aliphatic carbocycles. The Kier molecular flexibility index (Phi) is 15.8. The maximum absolute atomic E-state index is 5.56. The van der Waals surface area contributed by atoms with Gasteiger partial charge in [0.25, 0.3) is 0 Å². The first-order chi connectivity index (χ1) is 9.35. The Morgan fingerprint density at radius 3 is 1.74 bits per heavy atom. The van der Waals surface area contributed by atoms with E-state index in [0.29, 0.717) is 0 Å². The molecule has 0 aliphatic heterocycles. The van der Waals surface area contributed by atoms with E-state index in [1.54, 1.807) is 7.11 Å². The number of unbranched alkanes of at least 4 members (excludes halogenated alkanes) is 1. The van der Waals surface area contributed by atoms with E-state index in [1.807, 2.05) is 0 Å². The summed E-state index contributed by atoms with van der Waals surface area (Å²) in [7, 11) is 1.76. The van der Waals surface area contributed by atoms with Gasteiger partial charge in [-0.25, -0.2) is 0 Å². The first-order valence-corrected chi connectivity index (χ1v) is 7.71. The summed E-state index contributed by atoms with van der Waals surface area (Å²) in [5, 5.41) is 0. The van der Waals surface area contributed by atoms with E-state index in [-0.39, 0.29) is 0 Å². The van der Waals surface area contributed by atoms with Crippen molar-refractivity contribution in [2.45, 2.75) is 39.5 Å². The largest absolute Gasteiger partial charge is 0.385 e. The molecule has 0 bridgehead atoms. The van der Waals surface area contributed by atoms with Gasteiger partial charge in [0.2, 0.25) is 0 Å². The van der Waals surface area contributed by atoms with Crippen LogP contribution in [0.5, 0.6) is 0 Å². The SMILES string of the molecule is CCCOCCN(CCCCOC)CCOCCC. The van der Waals surface area contributed by atoms with E-state index in [2.05, 4.69) is 18.7 Å².